The van der Waals surface area contributed by atoms with E-state index in [9.17, 15) is 4.39 Å². The zero-order valence-electron chi connectivity index (χ0n) is 17.4. The van der Waals surface area contributed by atoms with Crippen LogP contribution in [0.15, 0.2) is 35.6 Å². The number of rotatable bonds is 5. The third-order valence-electron chi connectivity index (χ3n) is 5.47. The molecule has 1 fully saturated rings. The first-order valence-corrected chi connectivity index (χ1v) is 9.89. The van der Waals surface area contributed by atoms with Crippen LogP contribution in [0.25, 0.3) is 5.69 Å². The Morgan fingerprint density at radius 2 is 2.14 bits per heavy atom. The second kappa shape index (κ2) is 8.73. The van der Waals surface area contributed by atoms with E-state index >= 15 is 0 Å². The fraction of sp³-hybridized carbons (Fsp3) is 0.524. The van der Waals surface area contributed by atoms with Crippen molar-refractivity contribution in [2.75, 3.05) is 20.1 Å². The topological polar surface area (TPSA) is 57.5 Å². The van der Waals surface area contributed by atoms with Gasteiger partial charge in [-0.15, -0.1) is 0 Å². The van der Waals surface area contributed by atoms with Gasteiger partial charge in [-0.2, -0.15) is 0 Å². The number of likely N-dealkylation sites (tertiary alicyclic amines) is 1. The SMILES string of the molecule is CN=C(NCc1ccc(-n2ccnc2C)c(F)c1)NC1CN(C(C)C)CC1C. The molecule has 1 aliphatic rings. The molecule has 0 spiro atoms. The van der Waals surface area contributed by atoms with Crippen LogP contribution < -0.4 is 10.6 Å². The monoisotopic (exact) mass is 386 g/mol. The van der Waals surface area contributed by atoms with Gasteiger partial charge in [-0.25, -0.2) is 9.37 Å². The first kappa shape index (κ1) is 20.3. The zero-order valence-corrected chi connectivity index (χ0v) is 17.4. The average molecular weight is 387 g/mol. The van der Waals surface area contributed by atoms with E-state index in [2.05, 4.69) is 46.3 Å². The van der Waals surface area contributed by atoms with Crippen molar-refractivity contribution in [3.63, 3.8) is 0 Å². The number of aliphatic imine (C=N–C) groups is 1. The van der Waals surface area contributed by atoms with Crippen molar-refractivity contribution >= 4 is 5.96 Å². The highest BCUT2D eigenvalue weighted by molar-refractivity contribution is 5.80. The van der Waals surface area contributed by atoms with Crippen LogP contribution in [0.3, 0.4) is 0 Å². The number of imidazole rings is 1. The van der Waals surface area contributed by atoms with E-state index in [4.69, 9.17) is 0 Å². The molecule has 1 aromatic carbocycles. The maximum Gasteiger partial charge on any atom is 0.191 e. The Morgan fingerprint density at radius 3 is 2.71 bits per heavy atom. The van der Waals surface area contributed by atoms with E-state index < -0.39 is 0 Å². The van der Waals surface area contributed by atoms with E-state index in [1.54, 1.807) is 36.1 Å². The largest absolute Gasteiger partial charge is 0.352 e. The van der Waals surface area contributed by atoms with Crippen molar-refractivity contribution in [2.24, 2.45) is 10.9 Å². The predicted octanol–water partition coefficient (Wildman–Crippen LogP) is 2.71. The molecule has 1 saturated heterocycles. The van der Waals surface area contributed by atoms with E-state index in [0.717, 1.165) is 30.4 Å². The van der Waals surface area contributed by atoms with Gasteiger partial charge in [0, 0.05) is 51.2 Å². The fourth-order valence-corrected chi connectivity index (χ4v) is 3.66. The number of nitrogens with zero attached hydrogens (tertiary/aromatic N) is 4. The van der Waals surface area contributed by atoms with Crippen LogP contribution in [-0.2, 0) is 6.54 Å². The molecule has 2 aromatic rings. The van der Waals surface area contributed by atoms with Crippen molar-refractivity contribution < 1.29 is 4.39 Å². The maximum absolute atomic E-state index is 14.6. The highest BCUT2D eigenvalue weighted by Gasteiger charge is 2.31. The van der Waals surface area contributed by atoms with Gasteiger partial charge in [-0.05, 0) is 44.4 Å². The number of hydrogen-bond donors (Lipinski definition) is 2. The molecule has 1 aliphatic heterocycles. The summed E-state index contributed by atoms with van der Waals surface area (Å²) in [6.07, 6.45) is 3.44. The first-order valence-electron chi connectivity index (χ1n) is 9.89. The quantitative estimate of drug-likeness (QED) is 0.613. The average Bonchev–Trinajstić information content (AvgIpc) is 3.24. The zero-order chi connectivity index (χ0) is 20.3. The molecular formula is C21H31FN6. The molecule has 2 heterocycles. The first-order chi connectivity index (χ1) is 13.4. The number of nitrogens with one attached hydrogen (secondary N) is 2. The smallest absolute Gasteiger partial charge is 0.191 e. The Balaban J connectivity index is 1.60. The minimum atomic E-state index is -0.264. The van der Waals surface area contributed by atoms with Gasteiger partial charge in [0.1, 0.15) is 11.6 Å². The van der Waals surface area contributed by atoms with Crippen LogP contribution in [0.5, 0.6) is 0 Å². The summed E-state index contributed by atoms with van der Waals surface area (Å²) < 4.78 is 16.3. The van der Waals surface area contributed by atoms with E-state index in [-0.39, 0.29) is 5.82 Å². The van der Waals surface area contributed by atoms with Gasteiger partial charge in [0.25, 0.3) is 0 Å². The summed E-state index contributed by atoms with van der Waals surface area (Å²) in [6.45, 7) is 11.2. The van der Waals surface area contributed by atoms with Crippen LogP contribution in [0, 0.1) is 18.7 Å². The summed E-state index contributed by atoms with van der Waals surface area (Å²) >= 11 is 0. The standard InChI is InChI=1S/C21H31FN6/c1-14(2)27-12-15(3)19(13-27)26-21(23-5)25-11-17-6-7-20(18(22)10-17)28-9-8-24-16(28)4/h6-10,14-15,19H,11-13H2,1-5H3,(H2,23,25,26). The molecule has 0 amide bonds. The molecule has 2 unspecified atom stereocenters. The lowest BCUT2D eigenvalue weighted by atomic mass is 10.1. The minimum Gasteiger partial charge on any atom is -0.352 e. The highest BCUT2D eigenvalue weighted by atomic mass is 19.1. The Kier molecular flexibility index (Phi) is 6.34. The van der Waals surface area contributed by atoms with Gasteiger partial charge in [-0.1, -0.05) is 13.0 Å². The maximum atomic E-state index is 14.6. The lowest BCUT2D eigenvalue weighted by molar-refractivity contribution is 0.265. The molecule has 0 aliphatic carbocycles. The van der Waals surface area contributed by atoms with Crippen molar-refractivity contribution in [1.29, 1.82) is 0 Å². The van der Waals surface area contributed by atoms with Gasteiger partial charge >= 0.3 is 0 Å². The fourth-order valence-electron chi connectivity index (χ4n) is 3.66. The summed E-state index contributed by atoms with van der Waals surface area (Å²) in [5.41, 5.74) is 1.38. The Hall–Kier alpha value is -2.41. The summed E-state index contributed by atoms with van der Waals surface area (Å²) in [6, 6.07) is 6.18. The van der Waals surface area contributed by atoms with E-state index in [1.165, 1.54) is 0 Å². The van der Waals surface area contributed by atoms with Gasteiger partial charge in [0.05, 0.1) is 5.69 Å². The van der Waals surface area contributed by atoms with Crippen LogP contribution >= 0.6 is 0 Å². The molecule has 7 heteroatoms. The molecule has 0 radical (unpaired) electrons. The van der Waals surface area contributed by atoms with Crippen LogP contribution in [-0.4, -0.2) is 52.6 Å². The summed E-state index contributed by atoms with van der Waals surface area (Å²) in [5.74, 6) is 1.80. The van der Waals surface area contributed by atoms with Crippen molar-refractivity contribution in [3.8, 4) is 5.69 Å². The summed E-state index contributed by atoms with van der Waals surface area (Å²) in [7, 11) is 1.76. The van der Waals surface area contributed by atoms with Crippen LogP contribution in [0.4, 0.5) is 4.39 Å². The van der Waals surface area contributed by atoms with Crippen LogP contribution in [0.2, 0.25) is 0 Å². The molecule has 6 nitrogen and oxygen atoms in total. The third-order valence-corrected chi connectivity index (χ3v) is 5.47. The second-order valence-corrected chi connectivity index (χ2v) is 7.83. The number of aromatic nitrogens is 2. The second-order valence-electron chi connectivity index (χ2n) is 7.83. The molecule has 2 atom stereocenters. The van der Waals surface area contributed by atoms with Crippen molar-refractivity contribution in [3.05, 3.63) is 47.8 Å². The molecule has 2 N–H and O–H groups in total. The molecule has 1 aromatic heterocycles. The Morgan fingerprint density at radius 1 is 1.36 bits per heavy atom. The number of hydrogen-bond acceptors (Lipinski definition) is 3. The third kappa shape index (κ3) is 4.52. The molecule has 28 heavy (non-hydrogen) atoms. The number of benzene rings is 1. The van der Waals surface area contributed by atoms with Gasteiger partial charge < -0.3 is 15.2 Å². The number of halogens is 1. The summed E-state index contributed by atoms with van der Waals surface area (Å²) in [5, 5.41) is 6.82. The van der Waals surface area contributed by atoms with Gasteiger partial charge in [0.2, 0.25) is 0 Å². The Labute approximate surface area is 166 Å². The normalized spacial score (nSPS) is 20.8. The molecule has 152 valence electrons. The molecule has 3 rings (SSSR count). The highest BCUT2D eigenvalue weighted by Crippen LogP contribution is 2.19. The van der Waals surface area contributed by atoms with Crippen molar-refractivity contribution in [2.45, 2.75) is 46.3 Å². The van der Waals surface area contributed by atoms with Gasteiger partial charge in [0.15, 0.2) is 5.96 Å². The minimum absolute atomic E-state index is 0.264. The molecular weight excluding hydrogens is 355 g/mol. The van der Waals surface area contributed by atoms with E-state index in [1.807, 2.05) is 13.0 Å². The van der Waals surface area contributed by atoms with Crippen molar-refractivity contribution in [1.82, 2.24) is 25.1 Å². The Bertz CT molecular complexity index is 828. The predicted molar refractivity (Wildman–Crippen MR) is 111 cm³/mol. The summed E-state index contributed by atoms with van der Waals surface area (Å²) in [4.78, 5) is 11.0. The lowest BCUT2D eigenvalue weighted by Gasteiger charge is -2.22. The number of guanidine groups is 1. The molecule has 0 saturated carbocycles. The van der Waals surface area contributed by atoms with Crippen LogP contribution in [0.1, 0.15) is 32.2 Å². The number of aryl methyl sites for hydroxylation is 1. The lowest BCUT2D eigenvalue weighted by Crippen LogP contribution is -2.46. The van der Waals surface area contributed by atoms with E-state index in [0.29, 0.717) is 30.2 Å². The molecule has 0 bridgehead atoms. The van der Waals surface area contributed by atoms with Gasteiger partial charge in [-0.3, -0.25) is 9.89 Å².